The van der Waals surface area contributed by atoms with Crippen LogP contribution < -0.4 is 5.32 Å². The van der Waals surface area contributed by atoms with E-state index >= 15 is 0 Å². The molecule has 1 aliphatic rings. The third-order valence-electron chi connectivity index (χ3n) is 7.04. The van der Waals surface area contributed by atoms with Gasteiger partial charge in [0, 0.05) is 37.3 Å². The highest BCUT2D eigenvalue weighted by Crippen LogP contribution is 2.44. The number of aromatic nitrogens is 2. The molecule has 3 aromatic carbocycles. The quantitative estimate of drug-likeness (QED) is 0.261. The molecule has 0 radical (unpaired) electrons. The van der Waals surface area contributed by atoms with E-state index in [-0.39, 0.29) is 38.5 Å². The summed E-state index contributed by atoms with van der Waals surface area (Å²) in [7, 11) is 0. The second-order valence-corrected chi connectivity index (χ2v) is 9.69. The molecule has 1 atom stereocenters. The maximum absolute atomic E-state index is 13.7. The second kappa shape index (κ2) is 12.3. The molecule has 9 nitrogen and oxygen atoms in total. The average molecular weight is 539 g/mol. The summed E-state index contributed by atoms with van der Waals surface area (Å²) in [6.45, 7) is 0.311. The Balaban J connectivity index is 1.31. The first-order valence-electron chi connectivity index (χ1n) is 13.1. The molecule has 0 fully saturated rings. The topological polar surface area (TPSA) is 125 Å². The summed E-state index contributed by atoms with van der Waals surface area (Å²) in [6.07, 6.45) is 2.27. The van der Waals surface area contributed by atoms with Crippen LogP contribution in [0.3, 0.4) is 0 Å². The van der Waals surface area contributed by atoms with Gasteiger partial charge in [-0.1, -0.05) is 78.9 Å². The number of rotatable bonds is 11. The van der Waals surface area contributed by atoms with E-state index in [0.717, 1.165) is 27.8 Å². The fourth-order valence-electron chi connectivity index (χ4n) is 5.12. The molecule has 0 saturated heterocycles. The van der Waals surface area contributed by atoms with Crippen LogP contribution in [0.15, 0.2) is 91.4 Å². The monoisotopic (exact) mass is 538 g/mol. The number of benzene rings is 3. The largest absolute Gasteiger partial charge is 0.481 e. The lowest BCUT2D eigenvalue weighted by atomic mass is 9.98. The van der Waals surface area contributed by atoms with Crippen LogP contribution in [0.25, 0.3) is 11.1 Å². The zero-order valence-electron chi connectivity index (χ0n) is 21.8. The minimum Gasteiger partial charge on any atom is -0.481 e. The van der Waals surface area contributed by atoms with E-state index in [4.69, 9.17) is 4.74 Å². The molecule has 0 unspecified atom stereocenters. The first-order chi connectivity index (χ1) is 19.5. The maximum Gasteiger partial charge on any atom is 0.407 e. The van der Waals surface area contributed by atoms with Crippen molar-refractivity contribution in [2.24, 2.45) is 0 Å². The van der Waals surface area contributed by atoms with Crippen molar-refractivity contribution >= 4 is 18.0 Å². The first-order valence-corrected chi connectivity index (χ1v) is 13.1. The zero-order chi connectivity index (χ0) is 27.9. The minimum absolute atomic E-state index is 0.00505. The van der Waals surface area contributed by atoms with Crippen molar-refractivity contribution in [3.63, 3.8) is 0 Å². The number of aliphatic carboxylic acids is 1. The van der Waals surface area contributed by atoms with Gasteiger partial charge in [0.05, 0.1) is 12.7 Å². The van der Waals surface area contributed by atoms with Crippen LogP contribution in [0.2, 0.25) is 0 Å². The Morgan fingerprint density at radius 2 is 1.60 bits per heavy atom. The number of carboxylic acid groups (broad SMARTS) is 1. The number of carboxylic acids is 1. The number of imidazole rings is 1. The lowest BCUT2D eigenvalue weighted by Gasteiger charge is -2.27. The molecular formula is C31H30N4O5. The van der Waals surface area contributed by atoms with Crippen LogP contribution in [0.4, 0.5) is 4.79 Å². The number of carbonyl (C=O) groups is 3. The number of amides is 2. The van der Waals surface area contributed by atoms with Gasteiger partial charge >= 0.3 is 12.1 Å². The van der Waals surface area contributed by atoms with Gasteiger partial charge in [0.15, 0.2) is 0 Å². The Labute approximate surface area is 231 Å². The van der Waals surface area contributed by atoms with Crippen LogP contribution in [0, 0.1) is 0 Å². The van der Waals surface area contributed by atoms with Crippen molar-refractivity contribution in [2.45, 2.75) is 31.3 Å². The van der Waals surface area contributed by atoms with E-state index in [1.54, 1.807) is 6.20 Å². The van der Waals surface area contributed by atoms with Crippen molar-refractivity contribution in [1.82, 2.24) is 20.2 Å². The molecule has 1 aliphatic carbocycles. The number of nitrogens with zero attached hydrogens (tertiary/aromatic N) is 2. The van der Waals surface area contributed by atoms with Crippen molar-refractivity contribution in [2.75, 3.05) is 13.2 Å². The van der Waals surface area contributed by atoms with Gasteiger partial charge in [0.2, 0.25) is 5.91 Å². The SMILES string of the molecule is O=C(O)CCN(Cc1ccccc1)C(=O)[C@@H](Cc1cnc[nH]1)NC(=O)OCC1c2ccccc2-c2ccccc21. The molecule has 1 heterocycles. The molecule has 0 aliphatic heterocycles. The van der Waals surface area contributed by atoms with E-state index < -0.39 is 24.0 Å². The first kappa shape index (κ1) is 26.7. The summed E-state index contributed by atoms with van der Waals surface area (Å²) in [4.78, 5) is 46.6. The Bertz CT molecular complexity index is 1430. The van der Waals surface area contributed by atoms with Crippen molar-refractivity contribution in [3.05, 3.63) is 114 Å². The summed E-state index contributed by atoms with van der Waals surface area (Å²) in [5.74, 6) is -1.54. The van der Waals surface area contributed by atoms with Crippen LogP contribution in [0.5, 0.6) is 0 Å². The Kier molecular flexibility index (Phi) is 8.20. The van der Waals surface area contributed by atoms with E-state index in [9.17, 15) is 19.5 Å². The number of nitrogens with one attached hydrogen (secondary N) is 2. The number of ether oxygens (including phenoxy) is 1. The van der Waals surface area contributed by atoms with Crippen molar-refractivity contribution < 1.29 is 24.2 Å². The van der Waals surface area contributed by atoms with Crippen LogP contribution in [0.1, 0.15) is 34.7 Å². The smallest absolute Gasteiger partial charge is 0.407 e. The summed E-state index contributed by atoms with van der Waals surface area (Å²) < 4.78 is 5.70. The molecule has 0 spiro atoms. The molecule has 2 amide bonds. The van der Waals surface area contributed by atoms with E-state index in [1.807, 2.05) is 66.7 Å². The van der Waals surface area contributed by atoms with E-state index in [2.05, 4.69) is 27.4 Å². The highest BCUT2D eigenvalue weighted by Gasteiger charge is 2.31. The Hall–Kier alpha value is -4.92. The van der Waals surface area contributed by atoms with Gasteiger partial charge in [-0.25, -0.2) is 9.78 Å². The van der Waals surface area contributed by atoms with Gasteiger partial charge in [-0.15, -0.1) is 0 Å². The number of H-pyrrole nitrogens is 1. The number of fused-ring (bicyclic) bond motifs is 3. The molecular weight excluding hydrogens is 508 g/mol. The average Bonchev–Trinajstić information content (AvgIpc) is 3.60. The predicted octanol–water partition coefficient (Wildman–Crippen LogP) is 4.36. The number of carbonyl (C=O) groups excluding carboxylic acids is 2. The van der Waals surface area contributed by atoms with Gasteiger partial charge in [-0.05, 0) is 27.8 Å². The molecule has 3 N–H and O–H groups in total. The molecule has 5 rings (SSSR count). The molecule has 4 aromatic rings. The lowest BCUT2D eigenvalue weighted by Crippen LogP contribution is -2.50. The lowest BCUT2D eigenvalue weighted by molar-refractivity contribution is -0.139. The number of alkyl carbamates (subject to hydrolysis) is 1. The van der Waals surface area contributed by atoms with Gasteiger partial charge < -0.3 is 25.0 Å². The van der Waals surface area contributed by atoms with Gasteiger partial charge in [0.1, 0.15) is 12.6 Å². The zero-order valence-corrected chi connectivity index (χ0v) is 21.8. The third kappa shape index (κ3) is 6.20. The fraction of sp³-hybridized carbons (Fsp3) is 0.226. The van der Waals surface area contributed by atoms with Crippen LogP contribution in [-0.4, -0.2) is 57.1 Å². The Morgan fingerprint density at radius 3 is 2.23 bits per heavy atom. The summed E-state index contributed by atoms with van der Waals surface area (Å²) in [5, 5.41) is 12.0. The van der Waals surface area contributed by atoms with Crippen molar-refractivity contribution in [1.29, 1.82) is 0 Å². The van der Waals surface area contributed by atoms with Gasteiger partial charge in [-0.3, -0.25) is 9.59 Å². The fourth-order valence-corrected chi connectivity index (χ4v) is 5.12. The molecule has 0 bridgehead atoms. The normalized spacial score (nSPS) is 12.7. The molecule has 204 valence electrons. The number of hydrogen-bond acceptors (Lipinski definition) is 5. The molecule has 40 heavy (non-hydrogen) atoms. The highest BCUT2D eigenvalue weighted by atomic mass is 16.5. The van der Waals surface area contributed by atoms with Crippen LogP contribution >= 0.6 is 0 Å². The van der Waals surface area contributed by atoms with E-state index in [0.29, 0.717) is 5.69 Å². The third-order valence-corrected chi connectivity index (χ3v) is 7.04. The van der Waals surface area contributed by atoms with Crippen LogP contribution in [-0.2, 0) is 27.3 Å². The Morgan fingerprint density at radius 1 is 0.950 bits per heavy atom. The standard InChI is InChI=1S/C31H30N4O5/c36-29(37)14-15-35(18-21-8-2-1-3-9-21)30(38)28(16-22-17-32-20-33-22)34-31(39)40-19-27-25-12-6-4-10-23(25)24-11-5-7-13-26(24)27/h1-13,17,20,27-28H,14-16,18-19H2,(H,32,33)(H,34,39)(H,36,37)/t28-/m1/s1. The predicted molar refractivity (Wildman–Crippen MR) is 148 cm³/mol. The minimum atomic E-state index is -1.01. The summed E-state index contributed by atoms with van der Waals surface area (Å²) >= 11 is 0. The number of hydrogen-bond donors (Lipinski definition) is 3. The highest BCUT2D eigenvalue weighted by molar-refractivity contribution is 5.86. The van der Waals surface area contributed by atoms with Gasteiger partial charge in [0.25, 0.3) is 0 Å². The molecule has 0 saturated carbocycles. The maximum atomic E-state index is 13.7. The van der Waals surface area contributed by atoms with Crippen molar-refractivity contribution in [3.8, 4) is 11.1 Å². The number of aromatic amines is 1. The summed E-state index contributed by atoms with van der Waals surface area (Å²) in [5.41, 5.74) is 5.91. The molecule has 1 aromatic heterocycles. The molecule has 9 heteroatoms. The van der Waals surface area contributed by atoms with Gasteiger partial charge in [-0.2, -0.15) is 0 Å². The second-order valence-electron chi connectivity index (χ2n) is 9.69. The van der Waals surface area contributed by atoms with E-state index in [1.165, 1.54) is 11.2 Å². The summed E-state index contributed by atoms with van der Waals surface area (Å²) in [6, 6.07) is 24.4.